The van der Waals surface area contributed by atoms with E-state index in [0.29, 0.717) is 12.0 Å². The summed E-state index contributed by atoms with van der Waals surface area (Å²) in [5.74, 6) is 0.676. The van der Waals surface area contributed by atoms with Crippen LogP contribution in [-0.4, -0.2) is 35.4 Å². The molecule has 0 amide bonds. The van der Waals surface area contributed by atoms with Gasteiger partial charge < -0.3 is 14.6 Å². The maximum atomic E-state index is 5.96. The van der Waals surface area contributed by atoms with Crippen molar-refractivity contribution in [1.29, 1.82) is 0 Å². The highest BCUT2D eigenvalue weighted by Crippen LogP contribution is 2.25. The molecule has 0 unspecified atom stereocenters. The number of nitrogens with one attached hydrogen (secondary N) is 1. The number of piperidine rings is 1. The van der Waals surface area contributed by atoms with E-state index in [1.165, 1.54) is 44.2 Å². The summed E-state index contributed by atoms with van der Waals surface area (Å²) in [5.41, 5.74) is 1.40. The van der Waals surface area contributed by atoms with Crippen molar-refractivity contribution < 1.29 is 4.74 Å². The van der Waals surface area contributed by atoms with E-state index in [0.717, 1.165) is 26.2 Å². The molecule has 0 bridgehead atoms. The van der Waals surface area contributed by atoms with Crippen molar-refractivity contribution in [2.75, 3.05) is 19.7 Å². The lowest BCUT2D eigenvalue weighted by atomic mass is 9.95. The minimum Gasteiger partial charge on any atom is -0.376 e. The Hall–Kier alpha value is -0.870. The first-order valence-electron chi connectivity index (χ1n) is 7.76. The Morgan fingerprint density at radius 1 is 1.21 bits per heavy atom. The van der Waals surface area contributed by atoms with E-state index in [1.807, 2.05) is 12.5 Å². The molecule has 19 heavy (non-hydrogen) atoms. The maximum Gasteiger partial charge on any atom is 0.0949 e. The average Bonchev–Trinajstić information content (AvgIpc) is 3.11. The first-order valence-corrected chi connectivity index (χ1v) is 7.76. The second-order valence-electron chi connectivity index (χ2n) is 5.81. The van der Waals surface area contributed by atoms with E-state index in [1.54, 1.807) is 0 Å². The Morgan fingerprint density at radius 2 is 2.00 bits per heavy atom. The lowest BCUT2D eigenvalue weighted by Crippen LogP contribution is -2.28. The van der Waals surface area contributed by atoms with Gasteiger partial charge in [0, 0.05) is 24.4 Å². The van der Waals surface area contributed by atoms with E-state index in [4.69, 9.17) is 4.74 Å². The van der Waals surface area contributed by atoms with Gasteiger partial charge in [-0.25, -0.2) is 4.98 Å². The highest BCUT2D eigenvalue weighted by Gasteiger charge is 2.19. The molecule has 0 radical (unpaired) electrons. The molecule has 0 spiro atoms. The molecule has 1 aromatic rings. The third-order valence-electron chi connectivity index (χ3n) is 4.49. The quantitative estimate of drug-likeness (QED) is 0.886. The van der Waals surface area contributed by atoms with Gasteiger partial charge in [0.15, 0.2) is 0 Å². The molecule has 1 aliphatic carbocycles. The SMILES string of the molecule is c1ncn(CCOC2CCCC2)c1C1CCNCC1. The van der Waals surface area contributed by atoms with Crippen molar-refractivity contribution in [3.63, 3.8) is 0 Å². The third-order valence-corrected chi connectivity index (χ3v) is 4.49. The lowest BCUT2D eigenvalue weighted by Gasteiger charge is -2.23. The maximum absolute atomic E-state index is 5.96. The van der Waals surface area contributed by atoms with Crippen LogP contribution in [-0.2, 0) is 11.3 Å². The Morgan fingerprint density at radius 3 is 2.79 bits per heavy atom. The summed E-state index contributed by atoms with van der Waals surface area (Å²) >= 11 is 0. The lowest BCUT2D eigenvalue weighted by molar-refractivity contribution is 0.0524. The molecule has 1 saturated carbocycles. The van der Waals surface area contributed by atoms with Crippen molar-refractivity contribution in [2.45, 2.75) is 57.1 Å². The normalized spacial score (nSPS) is 22.1. The second-order valence-corrected chi connectivity index (χ2v) is 5.81. The molecule has 4 nitrogen and oxygen atoms in total. The van der Waals surface area contributed by atoms with Crippen LogP contribution < -0.4 is 5.32 Å². The predicted octanol–water partition coefficient (Wildman–Crippen LogP) is 2.31. The Bertz CT molecular complexity index is 378. The van der Waals surface area contributed by atoms with Crippen LogP contribution in [0.1, 0.15) is 50.1 Å². The number of hydrogen-bond acceptors (Lipinski definition) is 3. The van der Waals surface area contributed by atoms with Crippen LogP contribution in [0.5, 0.6) is 0 Å². The van der Waals surface area contributed by atoms with Gasteiger partial charge in [0.1, 0.15) is 0 Å². The molecule has 2 aliphatic rings. The highest BCUT2D eigenvalue weighted by molar-refractivity contribution is 5.07. The molecular formula is C15H25N3O. The summed E-state index contributed by atoms with van der Waals surface area (Å²) in [7, 11) is 0. The van der Waals surface area contributed by atoms with Crippen LogP contribution in [0.25, 0.3) is 0 Å². The average molecular weight is 263 g/mol. The molecule has 0 atom stereocenters. The largest absolute Gasteiger partial charge is 0.376 e. The van der Waals surface area contributed by atoms with Gasteiger partial charge in [-0.15, -0.1) is 0 Å². The first-order chi connectivity index (χ1) is 9.43. The van der Waals surface area contributed by atoms with Gasteiger partial charge in [0.05, 0.1) is 19.0 Å². The summed E-state index contributed by atoms with van der Waals surface area (Å²) in [4.78, 5) is 4.33. The first kappa shape index (κ1) is 13.1. The zero-order valence-electron chi connectivity index (χ0n) is 11.7. The van der Waals surface area contributed by atoms with Crippen molar-refractivity contribution in [3.8, 4) is 0 Å². The van der Waals surface area contributed by atoms with Crippen LogP contribution in [0.3, 0.4) is 0 Å². The zero-order valence-corrected chi connectivity index (χ0v) is 11.7. The molecule has 106 valence electrons. The van der Waals surface area contributed by atoms with Crippen LogP contribution >= 0.6 is 0 Å². The third kappa shape index (κ3) is 3.37. The predicted molar refractivity (Wildman–Crippen MR) is 75.3 cm³/mol. The van der Waals surface area contributed by atoms with E-state index in [-0.39, 0.29) is 0 Å². The number of rotatable bonds is 5. The van der Waals surface area contributed by atoms with Gasteiger partial charge in [-0.3, -0.25) is 0 Å². The molecule has 1 aliphatic heterocycles. The topological polar surface area (TPSA) is 39.1 Å². The summed E-state index contributed by atoms with van der Waals surface area (Å²) in [6.07, 6.45) is 12.2. The molecule has 3 rings (SSSR count). The number of aromatic nitrogens is 2. The monoisotopic (exact) mass is 263 g/mol. The number of hydrogen-bond donors (Lipinski definition) is 1. The summed E-state index contributed by atoms with van der Waals surface area (Å²) in [6.45, 7) is 4.05. The molecule has 2 fully saturated rings. The van der Waals surface area contributed by atoms with E-state index < -0.39 is 0 Å². The molecule has 1 saturated heterocycles. The van der Waals surface area contributed by atoms with Gasteiger partial charge in [0.2, 0.25) is 0 Å². The smallest absolute Gasteiger partial charge is 0.0949 e. The number of nitrogens with zero attached hydrogens (tertiary/aromatic N) is 2. The van der Waals surface area contributed by atoms with Crippen LogP contribution in [0.15, 0.2) is 12.5 Å². The van der Waals surface area contributed by atoms with Gasteiger partial charge in [-0.1, -0.05) is 12.8 Å². The minimum absolute atomic E-state index is 0.519. The van der Waals surface area contributed by atoms with Crippen molar-refractivity contribution in [3.05, 3.63) is 18.2 Å². The molecule has 2 heterocycles. The molecule has 4 heteroatoms. The number of ether oxygens (including phenoxy) is 1. The summed E-state index contributed by atoms with van der Waals surface area (Å²) < 4.78 is 8.25. The standard InChI is InChI=1S/C15H25N3O/c1-2-4-14(3-1)19-10-9-18-12-17-11-15(18)13-5-7-16-8-6-13/h11-14,16H,1-10H2. The van der Waals surface area contributed by atoms with Gasteiger partial charge in [0.25, 0.3) is 0 Å². The Kier molecular flexibility index (Phi) is 4.51. The fourth-order valence-electron chi connectivity index (χ4n) is 3.35. The highest BCUT2D eigenvalue weighted by atomic mass is 16.5. The molecule has 1 aromatic heterocycles. The Balaban J connectivity index is 1.51. The second kappa shape index (κ2) is 6.53. The fraction of sp³-hybridized carbons (Fsp3) is 0.800. The van der Waals surface area contributed by atoms with Crippen LogP contribution in [0.2, 0.25) is 0 Å². The van der Waals surface area contributed by atoms with Gasteiger partial charge in [-0.05, 0) is 38.8 Å². The number of imidazole rings is 1. The van der Waals surface area contributed by atoms with Crippen molar-refractivity contribution in [2.24, 2.45) is 0 Å². The van der Waals surface area contributed by atoms with Crippen LogP contribution in [0, 0.1) is 0 Å². The van der Waals surface area contributed by atoms with Crippen molar-refractivity contribution in [1.82, 2.24) is 14.9 Å². The van der Waals surface area contributed by atoms with Gasteiger partial charge >= 0.3 is 0 Å². The molecule has 1 N–H and O–H groups in total. The summed E-state index contributed by atoms with van der Waals surface area (Å²) in [5, 5.41) is 3.42. The minimum atomic E-state index is 0.519. The summed E-state index contributed by atoms with van der Waals surface area (Å²) in [6, 6.07) is 0. The zero-order chi connectivity index (χ0) is 12.9. The molecule has 0 aromatic carbocycles. The van der Waals surface area contributed by atoms with Crippen molar-refractivity contribution >= 4 is 0 Å². The van der Waals surface area contributed by atoms with E-state index >= 15 is 0 Å². The Labute approximate surface area is 115 Å². The molecular weight excluding hydrogens is 238 g/mol. The van der Waals surface area contributed by atoms with E-state index in [2.05, 4.69) is 14.9 Å². The van der Waals surface area contributed by atoms with Gasteiger partial charge in [-0.2, -0.15) is 0 Å². The van der Waals surface area contributed by atoms with Crippen LogP contribution in [0.4, 0.5) is 0 Å². The fourth-order valence-corrected chi connectivity index (χ4v) is 3.35. The van der Waals surface area contributed by atoms with E-state index in [9.17, 15) is 0 Å².